The van der Waals surface area contributed by atoms with E-state index in [1.54, 1.807) is 0 Å². The third-order valence-electron chi connectivity index (χ3n) is 3.19. The quantitative estimate of drug-likeness (QED) is 0.590. The zero-order valence-corrected chi connectivity index (χ0v) is 12.7. The summed E-state index contributed by atoms with van der Waals surface area (Å²) in [6, 6.07) is 14.0. The van der Waals surface area contributed by atoms with Gasteiger partial charge in [-0.2, -0.15) is 0 Å². The van der Waals surface area contributed by atoms with Crippen molar-refractivity contribution in [2.45, 2.75) is 6.92 Å². The minimum atomic E-state index is 0.0938. The van der Waals surface area contributed by atoms with Crippen molar-refractivity contribution in [3.63, 3.8) is 0 Å². The molecule has 0 aliphatic rings. The van der Waals surface area contributed by atoms with E-state index in [0.717, 1.165) is 31.2 Å². The third kappa shape index (κ3) is 2.24. The van der Waals surface area contributed by atoms with E-state index in [4.69, 9.17) is 0 Å². The maximum Gasteiger partial charge on any atom is 0.194 e. The van der Waals surface area contributed by atoms with Crippen LogP contribution in [0.5, 0.6) is 0 Å². The molecule has 3 heteroatoms. The number of hydrogen-bond acceptors (Lipinski definition) is 2. The molecule has 0 unspecified atom stereocenters. The Morgan fingerprint density at radius 1 is 1.16 bits per heavy atom. The average Bonchev–Trinajstić information content (AvgIpc) is 2.85. The minimum absolute atomic E-state index is 0.0938. The van der Waals surface area contributed by atoms with Crippen molar-refractivity contribution < 1.29 is 4.79 Å². The van der Waals surface area contributed by atoms with Crippen molar-refractivity contribution in [1.82, 2.24) is 0 Å². The first-order valence-electron chi connectivity index (χ1n) is 5.94. The molecular formula is C16H11BrOS. The molecule has 0 bridgehead atoms. The number of carbonyl (C=O) groups excluding carboxylic acids is 1. The Kier molecular flexibility index (Phi) is 3.25. The molecule has 2 aromatic carbocycles. The second kappa shape index (κ2) is 4.91. The molecule has 0 spiro atoms. The van der Waals surface area contributed by atoms with E-state index in [9.17, 15) is 4.79 Å². The van der Waals surface area contributed by atoms with Crippen LogP contribution < -0.4 is 0 Å². The van der Waals surface area contributed by atoms with Gasteiger partial charge in [-0.1, -0.05) is 36.4 Å². The summed E-state index contributed by atoms with van der Waals surface area (Å²) < 4.78 is 0.980. The summed E-state index contributed by atoms with van der Waals surface area (Å²) in [5, 5.41) is 4.02. The van der Waals surface area contributed by atoms with Crippen molar-refractivity contribution in [3.8, 4) is 0 Å². The highest BCUT2D eigenvalue weighted by Crippen LogP contribution is 2.28. The largest absolute Gasteiger partial charge is 0.289 e. The monoisotopic (exact) mass is 330 g/mol. The van der Waals surface area contributed by atoms with Gasteiger partial charge in [0.15, 0.2) is 5.78 Å². The molecule has 0 radical (unpaired) electrons. The van der Waals surface area contributed by atoms with Crippen molar-refractivity contribution in [1.29, 1.82) is 0 Å². The molecule has 0 atom stereocenters. The predicted octanol–water partition coefficient (Wildman–Crippen LogP) is 5.20. The van der Waals surface area contributed by atoms with Crippen LogP contribution in [-0.2, 0) is 0 Å². The summed E-state index contributed by atoms with van der Waals surface area (Å²) in [7, 11) is 0. The van der Waals surface area contributed by atoms with Crippen molar-refractivity contribution in [2.75, 3.05) is 0 Å². The van der Waals surface area contributed by atoms with Crippen molar-refractivity contribution in [2.24, 2.45) is 0 Å². The Morgan fingerprint density at radius 3 is 2.68 bits per heavy atom. The number of thiophene rings is 1. The van der Waals surface area contributed by atoms with E-state index in [1.165, 1.54) is 11.3 Å². The van der Waals surface area contributed by atoms with Gasteiger partial charge in [-0.05, 0) is 45.3 Å². The molecule has 0 saturated heterocycles. The molecule has 3 rings (SSSR count). The number of ketones is 1. The number of fused-ring (bicyclic) bond motifs is 1. The molecule has 0 aliphatic carbocycles. The lowest BCUT2D eigenvalue weighted by Gasteiger charge is -2.08. The Balaban J connectivity index is 2.24. The number of aryl methyl sites for hydroxylation is 1. The first-order valence-corrected chi connectivity index (χ1v) is 7.61. The predicted molar refractivity (Wildman–Crippen MR) is 84.1 cm³/mol. The number of hydrogen-bond donors (Lipinski definition) is 0. The molecule has 19 heavy (non-hydrogen) atoms. The first-order chi connectivity index (χ1) is 9.16. The lowest BCUT2D eigenvalue weighted by molar-refractivity contribution is 0.104. The van der Waals surface area contributed by atoms with Gasteiger partial charge in [-0.15, -0.1) is 11.3 Å². The van der Waals surface area contributed by atoms with Gasteiger partial charge in [0, 0.05) is 16.5 Å². The van der Waals surface area contributed by atoms with Crippen LogP contribution in [0.3, 0.4) is 0 Å². The SMILES string of the molecule is Cc1ccc2ccccc2c1C(=O)c1csc(Br)c1. The van der Waals surface area contributed by atoms with E-state index in [0.29, 0.717) is 0 Å². The molecule has 0 amide bonds. The Labute approximate surface area is 124 Å². The number of benzene rings is 2. The molecule has 1 heterocycles. The van der Waals surface area contributed by atoms with Crippen LogP contribution >= 0.6 is 27.3 Å². The van der Waals surface area contributed by atoms with Gasteiger partial charge >= 0.3 is 0 Å². The van der Waals surface area contributed by atoms with Crippen LogP contribution in [0.25, 0.3) is 10.8 Å². The van der Waals surface area contributed by atoms with Crippen molar-refractivity contribution in [3.05, 3.63) is 68.3 Å². The summed E-state index contributed by atoms with van der Waals surface area (Å²) in [5.74, 6) is 0.0938. The highest BCUT2D eigenvalue weighted by atomic mass is 79.9. The fourth-order valence-corrected chi connectivity index (χ4v) is 3.39. The summed E-state index contributed by atoms with van der Waals surface area (Å²) in [6.07, 6.45) is 0. The molecule has 0 aliphatic heterocycles. The molecule has 94 valence electrons. The maximum atomic E-state index is 12.7. The molecule has 0 N–H and O–H groups in total. The molecule has 3 aromatic rings. The number of rotatable bonds is 2. The van der Waals surface area contributed by atoms with Gasteiger partial charge in [0.2, 0.25) is 0 Å². The molecular weight excluding hydrogens is 320 g/mol. The molecule has 1 nitrogen and oxygen atoms in total. The summed E-state index contributed by atoms with van der Waals surface area (Å²) in [6.45, 7) is 1.99. The van der Waals surface area contributed by atoms with Crippen LogP contribution in [0.2, 0.25) is 0 Å². The maximum absolute atomic E-state index is 12.7. The zero-order valence-electron chi connectivity index (χ0n) is 10.3. The lowest BCUT2D eigenvalue weighted by Crippen LogP contribution is -2.03. The summed E-state index contributed by atoms with van der Waals surface area (Å²) in [4.78, 5) is 12.7. The van der Waals surface area contributed by atoms with Crippen molar-refractivity contribution >= 4 is 43.8 Å². The number of carbonyl (C=O) groups is 1. The van der Waals surface area contributed by atoms with Crippen LogP contribution in [0.15, 0.2) is 51.6 Å². The van der Waals surface area contributed by atoms with Gasteiger partial charge in [-0.25, -0.2) is 0 Å². The van der Waals surface area contributed by atoms with Gasteiger partial charge in [-0.3, -0.25) is 4.79 Å². The van der Waals surface area contributed by atoms with Crippen LogP contribution in [0.1, 0.15) is 21.5 Å². The van der Waals surface area contributed by atoms with Crippen LogP contribution in [0, 0.1) is 6.92 Å². The fraction of sp³-hybridized carbons (Fsp3) is 0.0625. The molecule has 1 aromatic heterocycles. The fourth-order valence-electron chi connectivity index (χ4n) is 2.26. The van der Waals surface area contributed by atoms with Crippen LogP contribution in [-0.4, -0.2) is 5.78 Å². The molecule has 0 saturated carbocycles. The summed E-state index contributed by atoms with van der Waals surface area (Å²) >= 11 is 4.94. The second-order valence-corrected chi connectivity index (χ2v) is 6.74. The Bertz CT molecular complexity index is 773. The Morgan fingerprint density at radius 2 is 1.95 bits per heavy atom. The molecule has 0 fully saturated rings. The van der Waals surface area contributed by atoms with Gasteiger partial charge in [0.05, 0.1) is 3.79 Å². The van der Waals surface area contributed by atoms with Crippen LogP contribution in [0.4, 0.5) is 0 Å². The Hall–Kier alpha value is -1.45. The van der Waals surface area contributed by atoms with E-state index >= 15 is 0 Å². The summed E-state index contributed by atoms with van der Waals surface area (Å²) in [5.41, 5.74) is 2.57. The van der Waals surface area contributed by atoms with E-state index in [2.05, 4.69) is 22.0 Å². The topological polar surface area (TPSA) is 17.1 Å². The number of halogens is 1. The minimum Gasteiger partial charge on any atom is -0.289 e. The lowest BCUT2D eigenvalue weighted by atomic mass is 9.94. The zero-order chi connectivity index (χ0) is 13.4. The van der Waals surface area contributed by atoms with Gasteiger partial charge in [0.1, 0.15) is 0 Å². The highest BCUT2D eigenvalue weighted by Gasteiger charge is 2.16. The van der Waals surface area contributed by atoms with E-state index < -0.39 is 0 Å². The highest BCUT2D eigenvalue weighted by molar-refractivity contribution is 9.11. The first kappa shape index (κ1) is 12.6. The van der Waals surface area contributed by atoms with Gasteiger partial charge < -0.3 is 0 Å². The smallest absolute Gasteiger partial charge is 0.194 e. The van der Waals surface area contributed by atoms with E-state index in [1.807, 2.05) is 48.7 Å². The average molecular weight is 331 g/mol. The van der Waals surface area contributed by atoms with E-state index in [-0.39, 0.29) is 5.78 Å². The van der Waals surface area contributed by atoms with Gasteiger partial charge in [0.25, 0.3) is 0 Å². The third-order valence-corrected chi connectivity index (χ3v) is 4.70. The normalized spacial score (nSPS) is 10.8. The second-order valence-electron chi connectivity index (χ2n) is 4.45. The standard InChI is InChI=1S/C16H11BrOS/c1-10-6-7-11-4-2-3-5-13(11)15(10)16(18)12-8-14(17)19-9-12/h2-9H,1H3.